The minimum atomic E-state index is -3.61. The summed E-state index contributed by atoms with van der Waals surface area (Å²) in [5.41, 5.74) is 1.62. The Bertz CT molecular complexity index is 756. The maximum absolute atomic E-state index is 12.9. The molecule has 0 bridgehead atoms. The predicted molar refractivity (Wildman–Crippen MR) is 91.7 cm³/mol. The van der Waals surface area contributed by atoms with Crippen molar-refractivity contribution in [3.8, 4) is 0 Å². The Morgan fingerprint density at radius 2 is 1.54 bits per heavy atom. The third-order valence-corrected chi connectivity index (χ3v) is 5.30. The summed E-state index contributed by atoms with van der Waals surface area (Å²) in [7, 11) is -3.61. The van der Waals surface area contributed by atoms with Crippen molar-refractivity contribution in [3.63, 3.8) is 0 Å². The van der Waals surface area contributed by atoms with Crippen LogP contribution >= 0.6 is 0 Å². The van der Waals surface area contributed by atoms with Crippen molar-refractivity contribution in [2.24, 2.45) is 0 Å². The zero-order valence-electron chi connectivity index (χ0n) is 13.7. The van der Waals surface area contributed by atoms with Gasteiger partial charge in [0.1, 0.15) is 5.82 Å². The fourth-order valence-electron chi connectivity index (χ4n) is 2.30. The molecule has 0 aromatic heterocycles. The van der Waals surface area contributed by atoms with E-state index in [1.54, 1.807) is 24.3 Å². The van der Waals surface area contributed by atoms with Crippen LogP contribution in [-0.4, -0.2) is 20.1 Å². The lowest BCUT2D eigenvalue weighted by atomic mass is 10.0. The summed E-state index contributed by atoms with van der Waals surface area (Å²) in [6.45, 7) is 4.17. The molecule has 0 heterocycles. The topological polar surface area (TPSA) is 66.4 Å². The molecular formula is C18H22FNO3S. The highest BCUT2D eigenvalue weighted by atomic mass is 32.2. The zero-order valence-corrected chi connectivity index (χ0v) is 14.6. The molecule has 0 saturated heterocycles. The van der Waals surface area contributed by atoms with Gasteiger partial charge in [-0.2, -0.15) is 0 Å². The fourth-order valence-corrected chi connectivity index (χ4v) is 3.34. The first-order chi connectivity index (χ1) is 11.3. The van der Waals surface area contributed by atoms with E-state index in [4.69, 9.17) is 0 Å². The van der Waals surface area contributed by atoms with Gasteiger partial charge in [0.2, 0.25) is 10.0 Å². The molecule has 0 fully saturated rings. The number of aliphatic hydroxyl groups is 1. The number of benzene rings is 2. The van der Waals surface area contributed by atoms with Crippen molar-refractivity contribution in [1.29, 1.82) is 0 Å². The second-order valence-electron chi connectivity index (χ2n) is 5.98. The molecule has 0 radical (unpaired) electrons. The first kappa shape index (κ1) is 18.6. The summed E-state index contributed by atoms with van der Waals surface area (Å²) in [5.74, 6) is -0.0444. The van der Waals surface area contributed by atoms with Crippen LogP contribution in [0.25, 0.3) is 0 Å². The lowest BCUT2D eigenvalue weighted by molar-refractivity contribution is 0.169. The molecule has 0 aliphatic rings. The predicted octanol–water partition coefficient (Wildman–Crippen LogP) is 3.35. The Morgan fingerprint density at radius 3 is 2.08 bits per heavy atom. The Kier molecular flexibility index (Phi) is 6.10. The van der Waals surface area contributed by atoms with Gasteiger partial charge in [-0.3, -0.25) is 0 Å². The zero-order chi connectivity index (χ0) is 17.7. The smallest absolute Gasteiger partial charge is 0.240 e. The molecule has 0 amide bonds. The number of rotatable bonds is 7. The van der Waals surface area contributed by atoms with E-state index in [-0.39, 0.29) is 23.7 Å². The summed E-state index contributed by atoms with van der Waals surface area (Å²) in [4.78, 5) is 0.197. The van der Waals surface area contributed by atoms with Crippen LogP contribution in [0.5, 0.6) is 0 Å². The lowest BCUT2D eigenvalue weighted by Crippen LogP contribution is -2.26. The summed E-state index contributed by atoms with van der Waals surface area (Å²) < 4.78 is 39.8. The average molecular weight is 351 g/mol. The van der Waals surface area contributed by atoms with Gasteiger partial charge in [0.05, 0.1) is 11.0 Å². The van der Waals surface area contributed by atoms with E-state index >= 15 is 0 Å². The van der Waals surface area contributed by atoms with Crippen molar-refractivity contribution in [1.82, 2.24) is 4.72 Å². The summed E-state index contributed by atoms with van der Waals surface area (Å²) >= 11 is 0. The quantitative estimate of drug-likeness (QED) is 0.804. The van der Waals surface area contributed by atoms with Crippen LogP contribution in [0.15, 0.2) is 53.4 Å². The SMILES string of the molecule is CC(C)c1ccc(S(=O)(=O)NCCC(O)c2ccc(F)cc2)cc1. The van der Waals surface area contributed by atoms with E-state index in [1.165, 1.54) is 24.3 Å². The van der Waals surface area contributed by atoms with Gasteiger partial charge in [0.15, 0.2) is 0 Å². The van der Waals surface area contributed by atoms with E-state index in [0.717, 1.165) is 5.56 Å². The highest BCUT2D eigenvalue weighted by Gasteiger charge is 2.15. The summed E-state index contributed by atoms with van der Waals surface area (Å²) in [5, 5.41) is 10.0. The van der Waals surface area contributed by atoms with Crippen LogP contribution in [0.2, 0.25) is 0 Å². The molecule has 0 saturated carbocycles. The van der Waals surface area contributed by atoms with Gasteiger partial charge in [0, 0.05) is 6.54 Å². The lowest BCUT2D eigenvalue weighted by Gasteiger charge is -2.12. The van der Waals surface area contributed by atoms with Gasteiger partial charge < -0.3 is 5.11 Å². The van der Waals surface area contributed by atoms with Crippen molar-refractivity contribution in [2.75, 3.05) is 6.54 Å². The van der Waals surface area contributed by atoms with Crippen molar-refractivity contribution < 1.29 is 17.9 Å². The third-order valence-electron chi connectivity index (χ3n) is 3.82. The molecule has 1 unspecified atom stereocenters. The second-order valence-corrected chi connectivity index (χ2v) is 7.74. The number of halogens is 1. The monoisotopic (exact) mass is 351 g/mol. The largest absolute Gasteiger partial charge is 0.388 e. The molecule has 0 aliphatic carbocycles. The van der Waals surface area contributed by atoms with Crippen LogP contribution < -0.4 is 4.72 Å². The molecule has 130 valence electrons. The number of nitrogens with one attached hydrogen (secondary N) is 1. The molecule has 2 rings (SSSR count). The van der Waals surface area contributed by atoms with Gasteiger partial charge in [-0.1, -0.05) is 38.1 Å². The number of hydrogen-bond donors (Lipinski definition) is 2. The van der Waals surface area contributed by atoms with Gasteiger partial charge in [-0.05, 0) is 47.7 Å². The highest BCUT2D eigenvalue weighted by molar-refractivity contribution is 7.89. The van der Waals surface area contributed by atoms with E-state index in [2.05, 4.69) is 4.72 Å². The minimum Gasteiger partial charge on any atom is -0.388 e. The Labute approximate surface area is 142 Å². The molecule has 6 heteroatoms. The van der Waals surface area contributed by atoms with Gasteiger partial charge >= 0.3 is 0 Å². The maximum atomic E-state index is 12.9. The van der Waals surface area contributed by atoms with E-state index in [9.17, 15) is 17.9 Å². The van der Waals surface area contributed by atoms with Gasteiger partial charge in [-0.15, -0.1) is 0 Å². The molecule has 0 spiro atoms. The molecule has 0 aliphatic heterocycles. The van der Waals surface area contributed by atoms with Crippen LogP contribution in [0.1, 0.15) is 43.4 Å². The Morgan fingerprint density at radius 1 is 1.00 bits per heavy atom. The van der Waals surface area contributed by atoms with Crippen LogP contribution in [-0.2, 0) is 10.0 Å². The van der Waals surface area contributed by atoms with Crippen molar-refractivity contribution >= 4 is 10.0 Å². The molecule has 24 heavy (non-hydrogen) atoms. The fraction of sp³-hybridized carbons (Fsp3) is 0.333. The number of hydrogen-bond acceptors (Lipinski definition) is 3. The molecular weight excluding hydrogens is 329 g/mol. The normalized spacial score (nSPS) is 13.2. The number of aliphatic hydroxyl groups excluding tert-OH is 1. The third kappa shape index (κ3) is 4.87. The van der Waals surface area contributed by atoms with Crippen LogP contribution in [0, 0.1) is 5.82 Å². The second kappa shape index (κ2) is 7.88. The van der Waals surface area contributed by atoms with E-state index < -0.39 is 16.1 Å². The summed E-state index contributed by atoms with van der Waals surface area (Å²) in [6, 6.07) is 12.2. The van der Waals surface area contributed by atoms with E-state index in [0.29, 0.717) is 11.5 Å². The molecule has 1 atom stereocenters. The minimum absolute atomic E-state index is 0.0901. The highest BCUT2D eigenvalue weighted by Crippen LogP contribution is 2.19. The molecule has 2 aromatic carbocycles. The molecule has 2 N–H and O–H groups in total. The number of sulfonamides is 1. The Balaban J connectivity index is 1.93. The molecule has 2 aromatic rings. The average Bonchev–Trinajstić information content (AvgIpc) is 2.55. The van der Waals surface area contributed by atoms with Crippen LogP contribution in [0.3, 0.4) is 0 Å². The Hall–Kier alpha value is -1.76. The first-order valence-electron chi connectivity index (χ1n) is 7.83. The summed E-state index contributed by atoms with van der Waals surface area (Å²) in [6.07, 6.45) is -0.647. The molecule has 4 nitrogen and oxygen atoms in total. The standard InChI is InChI=1S/C18H22FNO3S/c1-13(2)14-5-9-17(10-6-14)24(22,23)20-12-11-18(21)15-3-7-16(19)8-4-15/h3-10,13,18,20-21H,11-12H2,1-2H3. The van der Waals surface area contributed by atoms with Gasteiger partial charge in [-0.25, -0.2) is 17.5 Å². The van der Waals surface area contributed by atoms with Crippen molar-refractivity contribution in [3.05, 3.63) is 65.5 Å². The van der Waals surface area contributed by atoms with Gasteiger partial charge in [0.25, 0.3) is 0 Å². The van der Waals surface area contributed by atoms with Crippen molar-refractivity contribution in [2.45, 2.75) is 37.2 Å². The van der Waals surface area contributed by atoms with E-state index in [1.807, 2.05) is 13.8 Å². The maximum Gasteiger partial charge on any atom is 0.240 e. The van der Waals surface area contributed by atoms with Crippen LogP contribution in [0.4, 0.5) is 4.39 Å². The first-order valence-corrected chi connectivity index (χ1v) is 9.31.